The summed E-state index contributed by atoms with van der Waals surface area (Å²) in [7, 11) is -3.66. The Kier molecular flexibility index (Phi) is 3.90. The number of rotatable bonds is 3. The van der Waals surface area contributed by atoms with Crippen molar-refractivity contribution >= 4 is 21.2 Å². The number of anilines is 1. The first kappa shape index (κ1) is 17.1. The summed E-state index contributed by atoms with van der Waals surface area (Å²) < 4.78 is 64.0. The molecule has 7 nitrogen and oxygen atoms in total. The van der Waals surface area contributed by atoms with Gasteiger partial charge in [0.1, 0.15) is 29.1 Å². The van der Waals surface area contributed by atoms with Crippen molar-refractivity contribution in [3.63, 3.8) is 0 Å². The van der Waals surface area contributed by atoms with E-state index in [0.717, 1.165) is 12.4 Å². The fourth-order valence-corrected chi connectivity index (χ4v) is 3.28. The Balaban J connectivity index is 2.21. The minimum Gasteiger partial charge on any atom is -0.397 e. The SMILES string of the molecule is CCS(=O)(=O)c1cc(N)cnc1-c1cn2cnc(C(F)(F)F)cc2n1. The summed E-state index contributed by atoms with van der Waals surface area (Å²) in [6.45, 7) is 1.46. The van der Waals surface area contributed by atoms with Crippen LogP contribution in [0.15, 0.2) is 35.7 Å². The topological polar surface area (TPSA) is 103 Å². The molecule has 0 atom stereocenters. The molecule has 0 fully saturated rings. The molecule has 0 saturated carbocycles. The Labute approximate surface area is 140 Å². The molecule has 0 amide bonds. The first-order valence-corrected chi connectivity index (χ1v) is 8.67. The Morgan fingerprint density at radius 2 is 1.96 bits per heavy atom. The molecule has 0 aliphatic carbocycles. The van der Waals surface area contributed by atoms with Crippen molar-refractivity contribution in [2.45, 2.75) is 18.0 Å². The van der Waals surface area contributed by atoms with E-state index in [2.05, 4.69) is 15.0 Å². The number of hydrogen-bond donors (Lipinski definition) is 1. The van der Waals surface area contributed by atoms with Gasteiger partial charge in [0.05, 0.1) is 22.5 Å². The van der Waals surface area contributed by atoms with E-state index in [9.17, 15) is 21.6 Å². The van der Waals surface area contributed by atoms with Crippen LogP contribution in [0, 0.1) is 0 Å². The molecular weight excluding hydrogens is 359 g/mol. The van der Waals surface area contributed by atoms with Crippen molar-refractivity contribution in [2.24, 2.45) is 0 Å². The maximum Gasteiger partial charge on any atom is 0.433 e. The van der Waals surface area contributed by atoms with Gasteiger partial charge in [0.15, 0.2) is 9.84 Å². The van der Waals surface area contributed by atoms with Crippen LogP contribution in [0.1, 0.15) is 12.6 Å². The summed E-state index contributed by atoms with van der Waals surface area (Å²) in [6.07, 6.45) is -1.03. The quantitative estimate of drug-likeness (QED) is 0.757. The molecule has 0 aliphatic rings. The van der Waals surface area contributed by atoms with Crippen LogP contribution in [0.2, 0.25) is 0 Å². The van der Waals surface area contributed by atoms with Crippen molar-refractivity contribution in [3.8, 4) is 11.4 Å². The molecule has 3 rings (SSSR count). The normalized spacial score (nSPS) is 12.6. The number of nitrogens with two attached hydrogens (primary N) is 1. The zero-order valence-corrected chi connectivity index (χ0v) is 13.6. The highest BCUT2D eigenvalue weighted by molar-refractivity contribution is 7.91. The average Bonchev–Trinajstić information content (AvgIpc) is 2.96. The van der Waals surface area contributed by atoms with Crippen LogP contribution in [0.4, 0.5) is 18.9 Å². The Morgan fingerprint density at radius 3 is 2.60 bits per heavy atom. The summed E-state index contributed by atoms with van der Waals surface area (Å²) in [4.78, 5) is 11.3. The fraction of sp³-hybridized carbons (Fsp3) is 0.214. The molecule has 132 valence electrons. The summed E-state index contributed by atoms with van der Waals surface area (Å²) in [5.41, 5.74) is 4.77. The van der Waals surface area contributed by atoms with E-state index in [1.807, 2.05) is 0 Å². The van der Waals surface area contributed by atoms with Crippen LogP contribution in [-0.4, -0.2) is 33.5 Å². The maximum absolute atomic E-state index is 12.8. The molecule has 0 unspecified atom stereocenters. The Bertz CT molecular complexity index is 1060. The van der Waals surface area contributed by atoms with E-state index < -0.39 is 21.7 Å². The lowest BCUT2D eigenvalue weighted by Crippen LogP contribution is -2.08. The molecular formula is C14H12F3N5O2S. The third-order valence-corrected chi connectivity index (χ3v) is 5.21. The number of imidazole rings is 1. The van der Waals surface area contributed by atoms with E-state index in [1.54, 1.807) is 0 Å². The Hall–Kier alpha value is -2.69. The second kappa shape index (κ2) is 5.69. The number of hydrogen-bond acceptors (Lipinski definition) is 6. The van der Waals surface area contributed by atoms with Gasteiger partial charge < -0.3 is 5.73 Å². The van der Waals surface area contributed by atoms with E-state index in [4.69, 9.17) is 5.73 Å². The highest BCUT2D eigenvalue weighted by atomic mass is 32.2. The molecule has 0 bridgehead atoms. The van der Waals surface area contributed by atoms with Gasteiger partial charge in [-0.15, -0.1) is 0 Å². The average molecular weight is 371 g/mol. The van der Waals surface area contributed by atoms with Crippen molar-refractivity contribution in [1.82, 2.24) is 19.4 Å². The maximum atomic E-state index is 12.8. The van der Waals surface area contributed by atoms with Crippen LogP contribution >= 0.6 is 0 Å². The van der Waals surface area contributed by atoms with Gasteiger partial charge >= 0.3 is 6.18 Å². The number of pyridine rings is 1. The number of halogens is 3. The summed E-state index contributed by atoms with van der Waals surface area (Å²) in [6, 6.07) is 2.03. The monoisotopic (exact) mass is 371 g/mol. The molecule has 11 heteroatoms. The van der Waals surface area contributed by atoms with Gasteiger partial charge in [-0.25, -0.2) is 18.4 Å². The summed E-state index contributed by atoms with van der Waals surface area (Å²) in [5, 5.41) is 0. The lowest BCUT2D eigenvalue weighted by Gasteiger charge is -2.07. The van der Waals surface area contributed by atoms with Crippen LogP contribution in [-0.2, 0) is 16.0 Å². The van der Waals surface area contributed by atoms with Crippen molar-refractivity contribution in [3.05, 3.63) is 36.5 Å². The van der Waals surface area contributed by atoms with Crippen molar-refractivity contribution in [2.75, 3.05) is 11.5 Å². The predicted molar refractivity (Wildman–Crippen MR) is 83.4 cm³/mol. The van der Waals surface area contributed by atoms with Gasteiger partial charge in [-0.3, -0.25) is 9.38 Å². The van der Waals surface area contributed by atoms with E-state index >= 15 is 0 Å². The molecule has 3 heterocycles. The highest BCUT2D eigenvalue weighted by Gasteiger charge is 2.33. The number of fused-ring (bicyclic) bond motifs is 1. The first-order chi connectivity index (χ1) is 11.6. The van der Waals surface area contributed by atoms with Gasteiger partial charge in [0.25, 0.3) is 0 Å². The number of alkyl halides is 3. The molecule has 0 saturated heterocycles. The van der Waals surface area contributed by atoms with E-state index in [1.165, 1.54) is 29.8 Å². The second-order valence-electron chi connectivity index (χ2n) is 5.18. The first-order valence-electron chi connectivity index (χ1n) is 7.02. The van der Waals surface area contributed by atoms with Gasteiger partial charge in [-0.2, -0.15) is 13.2 Å². The van der Waals surface area contributed by atoms with Gasteiger partial charge in [-0.1, -0.05) is 6.92 Å². The molecule has 2 N–H and O–H groups in total. The molecule has 0 radical (unpaired) electrons. The molecule has 3 aromatic rings. The highest BCUT2D eigenvalue weighted by Crippen LogP contribution is 2.30. The van der Waals surface area contributed by atoms with Gasteiger partial charge in [0.2, 0.25) is 0 Å². The fourth-order valence-electron chi connectivity index (χ4n) is 2.20. The van der Waals surface area contributed by atoms with Crippen LogP contribution < -0.4 is 5.73 Å². The van der Waals surface area contributed by atoms with Crippen molar-refractivity contribution in [1.29, 1.82) is 0 Å². The Morgan fingerprint density at radius 1 is 1.24 bits per heavy atom. The van der Waals surface area contributed by atoms with Crippen molar-refractivity contribution < 1.29 is 21.6 Å². The smallest absolute Gasteiger partial charge is 0.397 e. The standard InChI is InChI=1S/C14H12F3N5O2S/c1-2-25(23,24)10-3-8(18)5-19-13(10)9-6-22-7-20-11(14(15,16)17)4-12(22)21-9/h3-7H,2,18H2,1H3. The second-order valence-corrected chi connectivity index (χ2v) is 7.43. The van der Waals surface area contributed by atoms with Crippen LogP contribution in [0.5, 0.6) is 0 Å². The zero-order valence-electron chi connectivity index (χ0n) is 12.8. The summed E-state index contributed by atoms with van der Waals surface area (Å²) in [5.74, 6) is -0.182. The largest absolute Gasteiger partial charge is 0.433 e. The third kappa shape index (κ3) is 3.14. The summed E-state index contributed by atoms with van der Waals surface area (Å²) >= 11 is 0. The predicted octanol–water partition coefficient (Wildman–Crippen LogP) is 2.19. The van der Waals surface area contributed by atoms with E-state index in [0.29, 0.717) is 0 Å². The molecule has 25 heavy (non-hydrogen) atoms. The number of aromatic nitrogens is 4. The lowest BCUT2D eigenvalue weighted by molar-refractivity contribution is -0.141. The third-order valence-electron chi connectivity index (χ3n) is 3.47. The molecule has 0 aromatic carbocycles. The molecule has 0 spiro atoms. The number of nitrogen functional groups attached to an aromatic ring is 1. The van der Waals surface area contributed by atoms with Gasteiger partial charge in [-0.05, 0) is 6.07 Å². The van der Waals surface area contributed by atoms with E-state index in [-0.39, 0.29) is 33.4 Å². The zero-order chi connectivity index (χ0) is 18.4. The molecule has 0 aliphatic heterocycles. The minimum atomic E-state index is -4.61. The number of nitrogens with zero attached hydrogens (tertiary/aromatic N) is 4. The van der Waals surface area contributed by atoms with Crippen LogP contribution in [0.3, 0.4) is 0 Å². The van der Waals surface area contributed by atoms with Crippen LogP contribution in [0.25, 0.3) is 17.0 Å². The molecule has 3 aromatic heterocycles. The lowest BCUT2D eigenvalue weighted by atomic mass is 10.3. The minimum absolute atomic E-state index is 0.0216. The van der Waals surface area contributed by atoms with Gasteiger partial charge in [0, 0.05) is 12.3 Å². The number of sulfone groups is 1.